The van der Waals surface area contributed by atoms with Crippen LogP contribution in [0, 0.1) is 0 Å². The fourth-order valence-electron chi connectivity index (χ4n) is 8.28. The number of carboxylic acid groups (broad SMARTS) is 4. The Morgan fingerprint density at radius 2 is 0.797 bits per heavy atom. The highest BCUT2D eigenvalue weighted by Gasteiger charge is 2.48. The lowest BCUT2D eigenvalue weighted by Crippen LogP contribution is -2.31. The van der Waals surface area contributed by atoms with Crippen molar-refractivity contribution in [2.24, 2.45) is 0 Å². The fourth-order valence-corrected chi connectivity index (χ4v) is 8.28. The molecule has 59 heavy (non-hydrogen) atoms. The molecule has 0 saturated heterocycles. The monoisotopic (exact) mass is 790 g/mol. The normalized spacial score (nSPS) is 12.3. The first-order valence-electron chi connectivity index (χ1n) is 19.5. The van der Waals surface area contributed by atoms with Gasteiger partial charge >= 0.3 is 23.9 Å². The number of carbonyl (C=O) groups is 4. The van der Waals surface area contributed by atoms with Crippen LogP contribution >= 0.6 is 0 Å². The summed E-state index contributed by atoms with van der Waals surface area (Å²) in [5, 5.41) is 38.6. The Morgan fingerprint density at radius 3 is 1.17 bits per heavy atom. The number of benzene rings is 6. The summed E-state index contributed by atoms with van der Waals surface area (Å²) in [6.07, 6.45) is 5.01. The van der Waals surface area contributed by atoms with Gasteiger partial charge in [0.1, 0.15) is 23.0 Å². The summed E-state index contributed by atoms with van der Waals surface area (Å²) in [4.78, 5) is 47.4. The van der Waals surface area contributed by atoms with Crippen molar-refractivity contribution in [3.8, 4) is 34.1 Å². The molecule has 7 rings (SSSR count). The van der Waals surface area contributed by atoms with Crippen LogP contribution in [0.15, 0.2) is 121 Å². The largest absolute Gasteiger partial charge is 0.478 e. The van der Waals surface area contributed by atoms with Gasteiger partial charge in [-0.3, -0.25) is 0 Å². The number of ether oxygens (including phenoxy) is 2. The zero-order valence-electron chi connectivity index (χ0n) is 32.5. The Balaban J connectivity index is 1.43. The molecule has 298 valence electrons. The van der Waals surface area contributed by atoms with Gasteiger partial charge in [-0.2, -0.15) is 0 Å². The lowest BCUT2D eigenvalue weighted by molar-refractivity contribution is 0.0651. The number of hydrogen-bond acceptors (Lipinski definition) is 6. The van der Waals surface area contributed by atoms with Gasteiger partial charge in [-0.05, 0) is 131 Å². The molecule has 0 heterocycles. The predicted molar refractivity (Wildman–Crippen MR) is 222 cm³/mol. The van der Waals surface area contributed by atoms with E-state index >= 15 is 0 Å². The van der Waals surface area contributed by atoms with Gasteiger partial charge in [0.05, 0.1) is 27.7 Å². The quantitative estimate of drug-likeness (QED) is 0.0739. The van der Waals surface area contributed by atoms with E-state index in [1.165, 1.54) is 36.4 Å². The standard InChI is InChI=1S/C49H42O10/c1-3-5-11-29-25-31(58-33-17-21-37(45(50)51)39(27-33)47(54)55)19-23-41(29)49(43-15-9-7-13-35(43)36-14-8-10-16-44(36)49)42-24-20-32(26-30(42)12-6-4-2)59-34-18-22-38(46(52)53)40(28-34)48(56)57/h7-10,13-28H,3-6,11-12H2,1-2H3,(H,50,51)(H,52,53)(H,54,55)(H,56,57). The third kappa shape index (κ3) is 7.52. The zero-order valence-corrected chi connectivity index (χ0v) is 32.5. The maximum atomic E-state index is 12.0. The van der Waals surface area contributed by atoms with E-state index in [9.17, 15) is 39.6 Å². The lowest BCUT2D eigenvalue weighted by atomic mass is 9.64. The van der Waals surface area contributed by atoms with Crippen LogP contribution < -0.4 is 9.47 Å². The van der Waals surface area contributed by atoms with Gasteiger partial charge in [0.15, 0.2) is 0 Å². The van der Waals surface area contributed by atoms with Gasteiger partial charge in [0, 0.05) is 0 Å². The molecule has 0 aromatic heterocycles. The van der Waals surface area contributed by atoms with Crippen LogP contribution in [0.1, 0.15) is 114 Å². The second kappa shape index (κ2) is 16.7. The Kier molecular flexibility index (Phi) is 11.3. The molecule has 0 atom stereocenters. The molecular weight excluding hydrogens is 749 g/mol. The Labute approximate surface area is 341 Å². The van der Waals surface area contributed by atoms with Gasteiger partial charge < -0.3 is 29.9 Å². The van der Waals surface area contributed by atoms with Crippen molar-refractivity contribution >= 4 is 23.9 Å². The molecule has 1 aliphatic rings. The van der Waals surface area contributed by atoms with Crippen LogP contribution in [0.3, 0.4) is 0 Å². The molecule has 0 unspecified atom stereocenters. The molecule has 0 bridgehead atoms. The highest BCUT2D eigenvalue weighted by Crippen LogP contribution is 2.58. The van der Waals surface area contributed by atoms with Crippen LogP contribution in [-0.2, 0) is 18.3 Å². The first-order valence-corrected chi connectivity index (χ1v) is 19.5. The molecule has 0 amide bonds. The number of aryl methyl sites for hydroxylation is 2. The highest BCUT2D eigenvalue weighted by atomic mass is 16.5. The number of unbranched alkanes of at least 4 members (excludes halogenated alkanes) is 2. The van der Waals surface area contributed by atoms with Gasteiger partial charge in [-0.1, -0.05) is 87.4 Å². The van der Waals surface area contributed by atoms with Crippen LogP contribution in [-0.4, -0.2) is 44.3 Å². The number of fused-ring (bicyclic) bond motifs is 3. The second-order valence-corrected chi connectivity index (χ2v) is 14.5. The van der Waals surface area contributed by atoms with Gasteiger partial charge in [0.2, 0.25) is 0 Å². The summed E-state index contributed by atoms with van der Waals surface area (Å²) >= 11 is 0. The summed E-state index contributed by atoms with van der Waals surface area (Å²) in [6.45, 7) is 4.26. The molecular formula is C49H42O10. The van der Waals surface area contributed by atoms with Gasteiger partial charge in [0.25, 0.3) is 0 Å². The predicted octanol–water partition coefficient (Wildman–Crippen LogP) is 11.1. The molecule has 6 aromatic carbocycles. The molecule has 10 heteroatoms. The SMILES string of the molecule is CCCCc1cc(Oc2ccc(C(=O)O)c(C(=O)O)c2)ccc1C1(c2ccc(Oc3ccc(C(=O)O)c(C(=O)O)c3)cc2CCCC)c2ccccc2-c2ccccc21. The van der Waals surface area contributed by atoms with Crippen molar-refractivity contribution in [3.05, 3.63) is 177 Å². The second-order valence-electron chi connectivity index (χ2n) is 14.5. The Bertz CT molecular complexity index is 2440. The van der Waals surface area contributed by atoms with E-state index in [2.05, 4.69) is 50.2 Å². The third-order valence-corrected chi connectivity index (χ3v) is 10.9. The molecule has 6 aromatic rings. The van der Waals surface area contributed by atoms with E-state index in [1.807, 2.05) is 48.5 Å². The van der Waals surface area contributed by atoms with Crippen molar-refractivity contribution in [3.63, 3.8) is 0 Å². The van der Waals surface area contributed by atoms with Crippen LogP contribution in [0.2, 0.25) is 0 Å². The summed E-state index contributed by atoms with van der Waals surface area (Å²) in [5.41, 5.74) is 6.33. The molecule has 0 radical (unpaired) electrons. The average Bonchev–Trinajstić information content (AvgIpc) is 3.52. The smallest absolute Gasteiger partial charge is 0.336 e. The van der Waals surface area contributed by atoms with E-state index in [4.69, 9.17) is 9.47 Å². The highest BCUT2D eigenvalue weighted by molar-refractivity contribution is 6.02. The van der Waals surface area contributed by atoms with Crippen molar-refractivity contribution < 1.29 is 49.1 Å². The van der Waals surface area contributed by atoms with Crippen molar-refractivity contribution in [1.29, 1.82) is 0 Å². The molecule has 10 nitrogen and oxygen atoms in total. The average molecular weight is 791 g/mol. The summed E-state index contributed by atoms with van der Waals surface area (Å²) < 4.78 is 12.5. The molecule has 0 fully saturated rings. The Morgan fingerprint density at radius 1 is 0.441 bits per heavy atom. The summed E-state index contributed by atoms with van der Waals surface area (Å²) in [5.74, 6) is -4.11. The third-order valence-electron chi connectivity index (χ3n) is 10.9. The van der Waals surface area contributed by atoms with Crippen molar-refractivity contribution in [2.75, 3.05) is 0 Å². The minimum Gasteiger partial charge on any atom is -0.478 e. The topological polar surface area (TPSA) is 168 Å². The Hall–Kier alpha value is -7.20. The lowest BCUT2D eigenvalue weighted by Gasteiger charge is -2.37. The molecule has 0 saturated carbocycles. The van der Waals surface area contributed by atoms with Gasteiger partial charge in [-0.15, -0.1) is 0 Å². The number of rotatable bonds is 16. The van der Waals surface area contributed by atoms with E-state index in [0.29, 0.717) is 24.3 Å². The van der Waals surface area contributed by atoms with Crippen LogP contribution in [0.5, 0.6) is 23.0 Å². The first-order chi connectivity index (χ1) is 28.5. The van der Waals surface area contributed by atoms with E-state index in [-0.39, 0.29) is 33.8 Å². The van der Waals surface area contributed by atoms with Crippen molar-refractivity contribution in [2.45, 2.75) is 57.8 Å². The minimum absolute atomic E-state index is 0.193. The van der Waals surface area contributed by atoms with E-state index < -0.39 is 29.3 Å². The zero-order chi connectivity index (χ0) is 41.8. The van der Waals surface area contributed by atoms with Gasteiger partial charge in [-0.25, -0.2) is 19.2 Å². The maximum Gasteiger partial charge on any atom is 0.336 e. The summed E-state index contributed by atoms with van der Waals surface area (Å²) in [7, 11) is 0. The number of hydrogen-bond donors (Lipinski definition) is 4. The van der Waals surface area contributed by atoms with E-state index in [0.717, 1.165) is 70.2 Å². The molecule has 1 aliphatic carbocycles. The van der Waals surface area contributed by atoms with Crippen LogP contribution in [0.4, 0.5) is 0 Å². The minimum atomic E-state index is -1.37. The fraction of sp³-hybridized carbons (Fsp3) is 0.184. The number of carboxylic acids is 4. The summed E-state index contributed by atoms with van der Waals surface area (Å²) in [6, 6.07) is 36.5. The molecule has 0 spiro atoms. The molecule has 0 aliphatic heterocycles. The number of aromatic carboxylic acids is 4. The molecule has 4 N–H and O–H groups in total. The maximum absolute atomic E-state index is 12.0. The van der Waals surface area contributed by atoms with Crippen molar-refractivity contribution in [1.82, 2.24) is 0 Å². The van der Waals surface area contributed by atoms with Crippen LogP contribution in [0.25, 0.3) is 11.1 Å². The van der Waals surface area contributed by atoms with E-state index in [1.54, 1.807) is 0 Å². The first kappa shape index (κ1) is 40.0.